The Balaban J connectivity index is 0.000000155. The summed E-state index contributed by atoms with van der Waals surface area (Å²) in [5, 5.41) is 26.9. The summed E-state index contributed by atoms with van der Waals surface area (Å²) in [6.45, 7) is 13.0. The van der Waals surface area contributed by atoms with E-state index in [0.717, 1.165) is 86.3 Å². The Bertz CT molecular complexity index is 3260. The van der Waals surface area contributed by atoms with Crippen LogP contribution in [0.15, 0.2) is 97.8 Å². The van der Waals surface area contributed by atoms with E-state index in [9.17, 15) is 14.4 Å². The first-order valence-electron chi connectivity index (χ1n) is 24.2. The van der Waals surface area contributed by atoms with Crippen LogP contribution in [0.3, 0.4) is 0 Å². The van der Waals surface area contributed by atoms with Crippen LogP contribution >= 0.6 is 22.7 Å². The van der Waals surface area contributed by atoms with Gasteiger partial charge in [-0.2, -0.15) is 10.2 Å². The van der Waals surface area contributed by atoms with E-state index >= 15 is 0 Å². The summed E-state index contributed by atoms with van der Waals surface area (Å²) in [5.74, 6) is 0.399. The van der Waals surface area contributed by atoms with E-state index in [2.05, 4.69) is 90.3 Å². The zero-order chi connectivity index (χ0) is 52.5. The molecule has 384 valence electrons. The van der Waals surface area contributed by atoms with Gasteiger partial charge in [-0.05, 0) is 124 Å². The number of carboxylic acid groups (broad SMARTS) is 1. The van der Waals surface area contributed by atoms with Crippen LogP contribution in [0.1, 0.15) is 89.7 Å². The van der Waals surface area contributed by atoms with Gasteiger partial charge < -0.3 is 36.4 Å². The van der Waals surface area contributed by atoms with E-state index in [1.54, 1.807) is 56.5 Å². The molecule has 0 radical (unpaired) electrons. The molecule has 0 saturated carbocycles. The highest BCUT2D eigenvalue weighted by Crippen LogP contribution is 2.31. The second-order valence-corrected chi connectivity index (χ2v) is 21.3. The molecule has 10 rings (SSSR count). The molecule has 0 aliphatic carbocycles. The Morgan fingerprint density at radius 1 is 0.770 bits per heavy atom. The maximum absolute atomic E-state index is 12.8. The highest BCUT2D eigenvalue weighted by molar-refractivity contribution is 7.14. The van der Waals surface area contributed by atoms with E-state index in [-0.39, 0.29) is 11.9 Å². The number of carbonyl (C=O) groups is 3. The number of anilines is 4. The molecule has 1 amide bonds. The lowest BCUT2D eigenvalue weighted by Crippen LogP contribution is -2.39. The molecule has 0 saturated heterocycles. The second-order valence-electron chi connectivity index (χ2n) is 19.0. The molecular weight excluding hydrogens is 975 g/mol. The number of carbonyl (C=O) groups excluding carboxylic acids is 2. The smallest absolute Gasteiger partial charge is 0.410 e. The van der Waals surface area contributed by atoms with E-state index in [4.69, 9.17) is 15.6 Å². The number of hydrogen-bond donors (Lipinski definition) is 5. The number of rotatable bonds is 12. The van der Waals surface area contributed by atoms with Gasteiger partial charge in [0.2, 0.25) is 11.9 Å². The summed E-state index contributed by atoms with van der Waals surface area (Å²) in [6, 6.07) is 20.0. The fourth-order valence-corrected chi connectivity index (χ4v) is 10.4. The molecule has 18 nitrogen and oxygen atoms in total. The summed E-state index contributed by atoms with van der Waals surface area (Å²) in [7, 11) is 3.73. The average Bonchev–Trinajstić information content (AvgIpc) is 4.20. The van der Waals surface area contributed by atoms with Crippen LogP contribution in [-0.4, -0.2) is 86.0 Å². The number of amides is 1. The molecule has 8 aromatic rings. The van der Waals surface area contributed by atoms with Gasteiger partial charge in [-0.15, -0.1) is 22.7 Å². The van der Waals surface area contributed by atoms with Crippen LogP contribution in [0.5, 0.6) is 0 Å². The van der Waals surface area contributed by atoms with E-state index in [0.29, 0.717) is 49.2 Å². The van der Waals surface area contributed by atoms with Crippen molar-refractivity contribution in [2.45, 2.75) is 85.5 Å². The van der Waals surface area contributed by atoms with E-state index in [1.165, 1.54) is 32.9 Å². The lowest BCUT2D eigenvalue weighted by Gasteiger charge is -2.29. The first-order chi connectivity index (χ1) is 35.5. The summed E-state index contributed by atoms with van der Waals surface area (Å²) in [6.07, 6.45) is 13.3. The zero-order valence-corrected chi connectivity index (χ0v) is 44.2. The molecule has 2 aliphatic heterocycles. The number of nitrogens with two attached hydrogens (primary N) is 1. The van der Waals surface area contributed by atoms with Crippen molar-refractivity contribution in [2.75, 3.05) is 23.7 Å². The molecule has 2 aliphatic rings. The molecule has 0 unspecified atom stereocenters. The highest BCUT2D eigenvalue weighted by Gasteiger charge is 2.28. The fourth-order valence-electron chi connectivity index (χ4n) is 8.29. The SMILES string of the molecule is CC(C)(C)OC(=O)N1CCc2sc(C(=O)O)cc2C1.Cc1cc(-c2ccnc(Nc3cnn(C)c3)n2)ccc1CCC(=O)c1cc2c(s1)CCNC2.Cc1cc(-c2ccnc(Nc3cnn(C)c3)n2)ccc1CN. The number of thiophene rings is 2. The van der Waals surface area contributed by atoms with Crippen molar-refractivity contribution in [1.29, 1.82) is 0 Å². The molecule has 2 aromatic carbocycles. The average molecular weight is 1040 g/mol. The molecule has 0 fully saturated rings. The van der Waals surface area contributed by atoms with Crippen LogP contribution in [-0.2, 0) is 57.7 Å². The van der Waals surface area contributed by atoms with Crippen LogP contribution in [0.2, 0.25) is 0 Å². The molecule has 8 heterocycles. The molecule has 20 heteroatoms. The number of hydrogen-bond acceptors (Lipinski definition) is 16. The van der Waals surface area contributed by atoms with Gasteiger partial charge in [0.15, 0.2) is 5.78 Å². The number of aromatic nitrogens is 8. The summed E-state index contributed by atoms with van der Waals surface area (Å²) in [5.41, 5.74) is 17.6. The lowest BCUT2D eigenvalue weighted by molar-refractivity contribution is 0.0225. The van der Waals surface area contributed by atoms with Crippen molar-refractivity contribution >= 4 is 63.8 Å². The van der Waals surface area contributed by atoms with Crippen molar-refractivity contribution in [1.82, 2.24) is 49.7 Å². The van der Waals surface area contributed by atoms with Crippen LogP contribution < -0.4 is 21.7 Å². The van der Waals surface area contributed by atoms with Crippen molar-refractivity contribution in [3.05, 3.63) is 151 Å². The van der Waals surface area contributed by atoms with Gasteiger partial charge in [-0.1, -0.05) is 24.3 Å². The predicted molar refractivity (Wildman–Crippen MR) is 289 cm³/mol. The third kappa shape index (κ3) is 13.9. The number of nitrogens with zero attached hydrogens (tertiary/aromatic N) is 9. The Morgan fingerprint density at radius 2 is 1.34 bits per heavy atom. The van der Waals surface area contributed by atoms with Crippen LogP contribution in [0.4, 0.5) is 28.1 Å². The molecule has 0 bridgehead atoms. The van der Waals surface area contributed by atoms with Gasteiger partial charge in [0, 0.05) is 92.4 Å². The predicted octanol–water partition coefficient (Wildman–Crippen LogP) is 9.58. The standard InChI is InChI=1S/C25H26N6OS.C16H18N6.C13H17NO4S/c1-16-11-18(21-7-10-27-25(30-21)29-20-14-28-31(2)15-20)4-3-17(16)5-6-22(32)24-12-19-13-26-9-8-23(19)33-24;1-11-7-12(3-4-13(11)8-17)15-5-6-18-16(21-15)20-14-9-19-22(2)10-14;1-13(2,3)18-12(17)14-5-4-9-8(7-14)6-10(19-9)11(15)16/h3-4,7,10-12,14-15,26H,5-6,8-9,13H2,1-2H3,(H,27,29,30);3-7,9-10H,8,17H2,1-2H3,(H,18,20,21);6H,4-5,7H2,1-3H3,(H,15,16). The number of ketones is 1. The minimum absolute atomic E-state index is 0.236. The fraction of sp³-hybridized carbons (Fsp3) is 0.315. The third-order valence-electron chi connectivity index (χ3n) is 12.1. The van der Waals surface area contributed by atoms with Gasteiger partial charge in [-0.25, -0.2) is 29.5 Å². The van der Waals surface area contributed by atoms with Crippen molar-refractivity contribution < 1.29 is 24.2 Å². The first-order valence-corrected chi connectivity index (χ1v) is 25.9. The van der Waals surface area contributed by atoms with Gasteiger partial charge in [0.1, 0.15) is 10.5 Å². The summed E-state index contributed by atoms with van der Waals surface area (Å²) < 4.78 is 8.77. The largest absolute Gasteiger partial charge is 0.477 e. The first kappa shape index (κ1) is 52.7. The zero-order valence-electron chi connectivity index (χ0n) is 42.6. The normalized spacial score (nSPS) is 12.8. The van der Waals surface area contributed by atoms with Crippen molar-refractivity contribution in [3.8, 4) is 22.5 Å². The maximum Gasteiger partial charge on any atom is 0.410 e. The Kier molecular flexibility index (Phi) is 16.7. The van der Waals surface area contributed by atoms with Crippen LogP contribution in [0.25, 0.3) is 22.5 Å². The molecule has 0 atom stereocenters. The Hall–Kier alpha value is -7.65. The molecule has 6 aromatic heterocycles. The number of ether oxygens (including phenoxy) is 1. The molecule has 6 N–H and O–H groups in total. The second kappa shape index (κ2) is 23.5. The van der Waals surface area contributed by atoms with Crippen molar-refractivity contribution in [2.24, 2.45) is 19.8 Å². The summed E-state index contributed by atoms with van der Waals surface area (Å²) >= 11 is 2.96. The third-order valence-corrected chi connectivity index (χ3v) is 14.6. The van der Waals surface area contributed by atoms with E-state index < -0.39 is 11.6 Å². The molecule has 0 spiro atoms. The monoisotopic (exact) mass is 1040 g/mol. The number of Topliss-reactive ketones (excluding diaryl/α,β-unsaturated/α-hetero) is 1. The van der Waals surface area contributed by atoms with Gasteiger partial charge in [0.05, 0.1) is 46.6 Å². The summed E-state index contributed by atoms with van der Waals surface area (Å²) in [4.78, 5) is 58.7. The minimum atomic E-state index is -0.914. The van der Waals surface area contributed by atoms with Crippen LogP contribution in [0, 0.1) is 13.8 Å². The Labute approximate surface area is 438 Å². The maximum atomic E-state index is 12.8. The Morgan fingerprint density at radius 3 is 1.86 bits per heavy atom. The number of carboxylic acids is 1. The number of fused-ring (bicyclic) bond motifs is 2. The minimum Gasteiger partial charge on any atom is -0.477 e. The van der Waals surface area contributed by atoms with Gasteiger partial charge in [-0.3, -0.25) is 14.2 Å². The number of aryl methyl sites for hydroxylation is 5. The van der Waals surface area contributed by atoms with E-state index in [1.807, 2.05) is 71.5 Å². The topological polar surface area (TPSA) is 233 Å². The lowest BCUT2D eigenvalue weighted by atomic mass is 9.98. The van der Waals surface area contributed by atoms with Gasteiger partial charge in [0.25, 0.3) is 0 Å². The van der Waals surface area contributed by atoms with Gasteiger partial charge >= 0.3 is 12.1 Å². The highest BCUT2D eigenvalue weighted by atomic mass is 32.1. The molecule has 74 heavy (non-hydrogen) atoms. The van der Waals surface area contributed by atoms with Crippen molar-refractivity contribution in [3.63, 3.8) is 0 Å². The number of nitrogens with one attached hydrogen (secondary N) is 3. The number of aromatic carboxylic acids is 1. The number of benzene rings is 2. The molecular formula is C54H61N13O5S2. The quantitative estimate of drug-likeness (QED) is 0.0717.